The molecule has 0 saturated carbocycles. The van der Waals surface area contributed by atoms with Gasteiger partial charge in [-0.15, -0.1) is 5.10 Å². The third-order valence-corrected chi connectivity index (χ3v) is 3.80. The molecule has 1 aliphatic heterocycles. The molecular weight excluding hydrogens is 285 g/mol. The van der Waals surface area contributed by atoms with E-state index >= 15 is 0 Å². The van der Waals surface area contributed by atoms with Gasteiger partial charge in [0.2, 0.25) is 5.91 Å². The van der Waals surface area contributed by atoms with Crippen molar-refractivity contribution in [2.45, 2.75) is 25.4 Å². The molecule has 0 radical (unpaired) electrons. The first-order valence-electron chi connectivity index (χ1n) is 7.36. The highest BCUT2D eigenvalue weighted by Crippen LogP contribution is 2.22. The first-order valence-corrected chi connectivity index (χ1v) is 7.36. The number of hydrogen-bond acceptors (Lipinski definition) is 4. The van der Waals surface area contributed by atoms with Gasteiger partial charge < -0.3 is 10.6 Å². The number of benzene rings is 1. The Morgan fingerprint density at radius 2 is 2.23 bits per heavy atom. The van der Waals surface area contributed by atoms with E-state index in [4.69, 9.17) is 0 Å². The Labute approximate surface area is 127 Å². The molecule has 0 spiro atoms. The van der Waals surface area contributed by atoms with E-state index in [0.29, 0.717) is 25.2 Å². The Kier molecular flexibility index (Phi) is 4.15. The molecule has 0 aliphatic carbocycles. The topological polar surface area (TPSA) is 71.8 Å². The van der Waals surface area contributed by atoms with Crippen LogP contribution in [0.1, 0.15) is 19.4 Å². The van der Waals surface area contributed by atoms with Crippen molar-refractivity contribution in [3.05, 3.63) is 36.3 Å². The highest BCUT2D eigenvalue weighted by Gasteiger charge is 2.30. The van der Waals surface area contributed by atoms with Crippen LogP contribution in [0, 0.1) is 5.82 Å². The summed E-state index contributed by atoms with van der Waals surface area (Å²) in [7, 11) is 0. The Hall–Kier alpha value is -2.28. The lowest BCUT2D eigenvalue weighted by atomic mass is 10.1. The normalized spacial score (nSPS) is 21.0. The fraction of sp³-hybridized carbons (Fsp3) is 0.400. The lowest BCUT2D eigenvalue weighted by molar-refractivity contribution is -0.122. The fourth-order valence-electron chi connectivity index (χ4n) is 2.62. The Bertz CT molecular complexity index is 654. The summed E-state index contributed by atoms with van der Waals surface area (Å²) in [5, 5.41) is 14.3. The van der Waals surface area contributed by atoms with E-state index in [-0.39, 0.29) is 23.8 Å². The van der Waals surface area contributed by atoms with Gasteiger partial charge in [0.1, 0.15) is 11.5 Å². The van der Waals surface area contributed by atoms with E-state index in [2.05, 4.69) is 20.9 Å². The monoisotopic (exact) mass is 303 g/mol. The van der Waals surface area contributed by atoms with Crippen LogP contribution in [0.4, 0.5) is 4.39 Å². The molecule has 0 bridgehead atoms. The summed E-state index contributed by atoms with van der Waals surface area (Å²) < 4.78 is 14.7. The number of likely N-dealkylation sites (N-methyl/N-ethyl adjacent to an activating group) is 1. The van der Waals surface area contributed by atoms with Crippen molar-refractivity contribution in [2.24, 2.45) is 0 Å². The molecule has 1 fully saturated rings. The Morgan fingerprint density at radius 1 is 1.45 bits per heavy atom. The molecule has 1 aliphatic rings. The highest BCUT2D eigenvalue weighted by molar-refractivity contribution is 5.82. The van der Waals surface area contributed by atoms with Gasteiger partial charge in [0.15, 0.2) is 0 Å². The van der Waals surface area contributed by atoms with Crippen molar-refractivity contribution in [1.82, 2.24) is 25.6 Å². The van der Waals surface area contributed by atoms with Gasteiger partial charge in [0.05, 0.1) is 18.3 Å². The maximum absolute atomic E-state index is 12.9. The first kappa shape index (κ1) is 14.6. The minimum Gasteiger partial charge on any atom is -0.355 e. The quantitative estimate of drug-likeness (QED) is 0.888. The molecule has 2 heterocycles. The van der Waals surface area contributed by atoms with Gasteiger partial charge in [0, 0.05) is 18.7 Å². The van der Waals surface area contributed by atoms with Gasteiger partial charge in [0.25, 0.3) is 0 Å². The predicted molar refractivity (Wildman–Crippen MR) is 79.5 cm³/mol. The van der Waals surface area contributed by atoms with Gasteiger partial charge >= 0.3 is 0 Å². The molecule has 1 amide bonds. The second-order valence-electron chi connectivity index (χ2n) is 5.34. The van der Waals surface area contributed by atoms with Crippen molar-refractivity contribution in [1.29, 1.82) is 0 Å². The minimum absolute atomic E-state index is 0.0175. The molecule has 22 heavy (non-hydrogen) atoms. The van der Waals surface area contributed by atoms with Crippen molar-refractivity contribution in [2.75, 3.05) is 13.1 Å². The zero-order chi connectivity index (χ0) is 15.5. The number of halogens is 1. The highest BCUT2D eigenvalue weighted by atomic mass is 19.1. The first-order chi connectivity index (χ1) is 10.7. The largest absolute Gasteiger partial charge is 0.355 e. The van der Waals surface area contributed by atoms with E-state index in [9.17, 15) is 9.18 Å². The maximum Gasteiger partial charge on any atom is 0.237 e. The zero-order valence-electron chi connectivity index (χ0n) is 12.3. The second kappa shape index (κ2) is 6.23. The average molecular weight is 303 g/mol. The second-order valence-corrected chi connectivity index (χ2v) is 5.34. The van der Waals surface area contributed by atoms with Crippen LogP contribution in [0.25, 0.3) is 11.3 Å². The van der Waals surface area contributed by atoms with E-state index in [0.717, 1.165) is 5.56 Å². The summed E-state index contributed by atoms with van der Waals surface area (Å²) in [4.78, 5) is 11.8. The summed E-state index contributed by atoms with van der Waals surface area (Å²) >= 11 is 0. The van der Waals surface area contributed by atoms with Crippen LogP contribution in [0.5, 0.6) is 0 Å². The van der Waals surface area contributed by atoms with Crippen LogP contribution >= 0.6 is 0 Å². The van der Waals surface area contributed by atoms with Crippen LogP contribution in [-0.4, -0.2) is 40.0 Å². The molecule has 2 atom stereocenters. The van der Waals surface area contributed by atoms with Crippen LogP contribution in [0.15, 0.2) is 30.5 Å². The maximum atomic E-state index is 12.9. The van der Waals surface area contributed by atoms with E-state index in [1.165, 1.54) is 12.1 Å². The van der Waals surface area contributed by atoms with Gasteiger partial charge in [-0.1, -0.05) is 5.21 Å². The molecule has 1 aromatic heterocycles. The molecule has 3 rings (SSSR count). The number of hydrogen-bond donors (Lipinski definition) is 2. The van der Waals surface area contributed by atoms with Crippen LogP contribution in [0.2, 0.25) is 0 Å². The lowest BCUT2D eigenvalue weighted by Gasteiger charge is -2.10. The van der Waals surface area contributed by atoms with Gasteiger partial charge in [-0.05, 0) is 37.6 Å². The predicted octanol–water partition coefficient (Wildman–Crippen LogP) is 1.12. The van der Waals surface area contributed by atoms with Gasteiger partial charge in [-0.2, -0.15) is 0 Å². The molecule has 116 valence electrons. The zero-order valence-corrected chi connectivity index (χ0v) is 12.3. The van der Waals surface area contributed by atoms with Crippen molar-refractivity contribution in [3.63, 3.8) is 0 Å². The molecular formula is C15H18FN5O. The molecule has 6 nitrogen and oxygen atoms in total. The van der Waals surface area contributed by atoms with Gasteiger partial charge in [-0.3, -0.25) is 4.79 Å². The third kappa shape index (κ3) is 2.99. The third-order valence-electron chi connectivity index (χ3n) is 3.80. The van der Waals surface area contributed by atoms with Crippen LogP contribution in [0.3, 0.4) is 0 Å². The smallest absolute Gasteiger partial charge is 0.237 e. The van der Waals surface area contributed by atoms with E-state index in [1.54, 1.807) is 16.8 Å². The average Bonchev–Trinajstić information content (AvgIpc) is 3.17. The van der Waals surface area contributed by atoms with Crippen molar-refractivity contribution < 1.29 is 9.18 Å². The number of aromatic nitrogens is 3. The van der Waals surface area contributed by atoms with Crippen molar-refractivity contribution in [3.8, 4) is 11.3 Å². The van der Waals surface area contributed by atoms with Gasteiger partial charge in [-0.25, -0.2) is 9.07 Å². The number of rotatable bonds is 4. The number of carbonyl (C=O) groups is 1. The van der Waals surface area contributed by atoms with Crippen LogP contribution in [-0.2, 0) is 4.79 Å². The number of amides is 1. The fourth-order valence-corrected chi connectivity index (χ4v) is 2.62. The Morgan fingerprint density at radius 3 is 2.95 bits per heavy atom. The lowest BCUT2D eigenvalue weighted by Crippen LogP contribution is -2.40. The summed E-state index contributed by atoms with van der Waals surface area (Å²) in [6, 6.07) is 6.05. The SMILES string of the molecule is CCNC(=O)[C@@H]1C[C@@H](n2cc(-c3ccc(F)cc3)nn2)CN1. The number of carbonyl (C=O) groups excluding carboxylic acids is 1. The molecule has 1 saturated heterocycles. The molecule has 2 N–H and O–H groups in total. The summed E-state index contributed by atoms with van der Waals surface area (Å²) in [6.07, 6.45) is 2.51. The molecule has 2 aromatic rings. The standard InChI is InChI=1S/C15H18FN5O/c1-2-17-15(22)13-7-12(8-18-13)21-9-14(19-20-21)10-3-5-11(16)6-4-10/h3-6,9,12-13,18H,2,7-8H2,1H3,(H,17,22)/t12-,13+/m1/s1. The van der Waals surface area contributed by atoms with E-state index in [1.807, 2.05) is 13.1 Å². The Balaban J connectivity index is 1.69. The summed E-state index contributed by atoms with van der Waals surface area (Å²) in [6.45, 7) is 3.20. The van der Waals surface area contributed by atoms with E-state index < -0.39 is 0 Å². The summed E-state index contributed by atoms with van der Waals surface area (Å²) in [5.41, 5.74) is 1.51. The van der Waals surface area contributed by atoms with Crippen molar-refractivity contribution >= 4 is 5.91 Å². The molecule has 1 aromatic carbocycles. The molecule has 0 unspecified atom stereocenters. The molecule has 7 heteroatoms. The number of nitrogens with zero attached hydrogens (tertiary/aromatic N) is 3. The summed E-state index contributed by atoms with van der Waals surface area (Å²) in [5.74, 6) is -0.259. The van der Waals surface area contributed by atoms with Crippen LogP contribution < -0.4 is 10.6 Å². The number of nitrogens with one attached hydrogen (secondary N) is 2. The minimum atomic E-state index is -0.277.